The molecule has 0 saturated carbocycles. The summed E-state index contributed by atoms with van der Waals surface area (Å²) in [5.41, 5.74) is -0.697. The molecule has 1 aliphatic heterocycles. The van der Waals surface area contributed by atoms with Crippen LogP contribution < -0.4 is 5.32 Å². The lowest BCUT2D eigenvalue weighted by molar-refractivity contribution is -0.146. The van der Waals surface area contributed by atoms with Gasteiger partial charge in [-0.2, -0.15) is 0 Å². The van der Waals surface area contributed by atoms with Gasteiger partial charge in [0, 0.05) is 7.05 Å². The molecule has 1 saturated heterocycles. The van der Waals surface area contributed by atoms with Crippen LogP contribution in [-0.4, -0.2) is 70.2 Å². The first-order valence-corrected chi connectivity index (χ1v) is 6.73. The lowest BCUT2D eigenvalue weighted by Gasteiger charge is -2.44. The van der Waals surface area contributed by atoms with Gasteiger partial charge in [0.05, 0.1) is 6.04 Å². The normalized spacial score (nSPS) is 21.0. The number of urea groups is 1. The first-order valence-electron chi connectivity index (χ1n) is 6.73. The van der Waals surface area contributed by atoms with Crippen LogP contribution in [0, 0.1) is 0 Å². The SMILES string of the molecule is C[C@H]1[C@H](NC(=O)OC(C)(C)C)C(=O)N1C(=O)N(C)CC(=O)O. The molecular formula is C13H21N3O6. The molecule has 1 fully saturated rings. The number of β-lactam (4-membered cyclic amide) rings is 1. The highest BCUT2D eigenvalue weighted by atomic mass is 16.6. The summed E-state index contributed by atoms with van der Waals surface area (Å²) in [6.07, 6.45) is -0.747. The van der Waals surface area contributed by atoms with Gasteiger partial charge in [-0.25, -0.2) is 9.59 Å². The van der Waals surface area contributed by atoms with Crippen molar-refractivity contribution in [2.45, 2.75) is 45.4 Å². The molecule has 22 heavy (non-hydrogen) atoms. The molecule has 1 heterocycles. The van der Waals surface area contributed by atoms with E-state index in [0.717, 1.165) is 9.80 Å². The lowest BCUT2D eigenvalue weighted by atomic mass is 9.97. The van der Waals surface area contributed by atoms with Gasteiger partial charge in [0.15, 0.2) is 0 Å². The number of carboxylic acids is 1. The summed E-state index contributed by atoms with van der Waals surface area (Å²) in [6, 6.07) is -2.16. The molecular weight excluding hydrogens is 294 g/mol. The van der Waals surface area contributed by atoms with Gasteiger partial charge in [-0.05, 0) is 27.7 Å². The van der Waals surface area contributed by atoms with Crippen molar-refractivity contribution in [3.8, 4) is 0 Å². The Morgan fingerprint density at radius 1 is 1.36 bits per heavy atom. The summed E-state index contributed by atoms with van der Waals surface area (Å²) in [4.78, 5) is 48.0. The standard InChI is InChI=1S/C13H21N3O6/c1-7-9(14-11(20)22-13(2,3)4)10(19)16(7)12(21)15(5)6-8(17)18/h7,9H,6H2,1-5H3,(H,14,20)(H,17,18)/t7-,9-/m0/s1. The van der Waals surface area contributed by atoms with Crippen LogP contribution in [0.1, 0.15) is 27.7 Å². The molecule has 2 atom stereocenters. The maximum absolute atomic E-state index is 12.0. The molecule has 0 aromatic heterocycles. The summed E-state index contributed by atoms with van der Waals surface area (Å²) >= 11 is 0. The summed E-state index contributed by atoms with van der Waals surface area (Å²) in [7, 11) is 1.28. The number of carboxylic acid groups (broad SMARTS) is 1. The van der Waals surface area contributed by atoms with Crippen molar-refractivity contribution in [3.63, 3.8) is 0 Å². The molecule has 9 heteroatoms. The van der Waals surface area contributed by atoms with Crippen LogP contribution in [-0.2, 0) is 14.3 Å². The second-order valence-corrected chi connectivity index (χ2v) is 6.11. The Bertz CT molecular complexity index is 498. The van der Waals surface area contributed by atoms with Gasteiger partial charge in [-0.1, -0.05) is 0 Å². The fourth-order valence-corrected chi connectivity index (χ4v) is 1.96. The van der Waals surface area contributed by atoms with Crippen LogP contribution in [0.5, 0.6) is 0 Å². The van der Waals surface area contributed by atoms with E-state index in [1.54, 1.807) is 27.7 Å². The number of aliphatic carboxylic acids is 1. The number of likely N-dealkylation sites (tertiary alicyclic amines) is 1. The van der Waals surface area contributed by atoms with Crippen LogP contribution >= 0.6 is 0 Å². The molecule has 0 aliphatic carbocycles. The van der Waals surface area contributed by atoms with E-state index >= 15 is 0 Å². The van der Waals surface area contributed by atoms with Crippen LogP contribution in [0.25, 0.3) is 0 Å². The molecule has 0 bridgehead atoms. The molecule has 0 aromatic carbocycles. The van der Waals surface area contributed by atoms with Crippen molar-refractivity contribution >= 4 is 24.0 Å². The van der Waals surface area contributed by atoms with Crippen molar-refractivity contribution in [2.75, 3.05) is 13.6 Å². The first kappa shape index (κ1) is 17.7. The minimum atomic E-state index is -1.18. The first-order chi connectivity index (χ1) is 9.94. The van der Waals surface area contributed by atoms with E-state index in [1.165, 1.54) is 7.05 Å². The highest BCUT2D eigenvalue weighted by Gasteiger charge is 2.50. The Hall–Kier alpha value is -2.32. The van der Waals surface area contributed by atoms with E-state index in [2.05, 4.69) is 5.32 Å². The molecule has 0 radical (unpaired) electrons. The molecule has 124 valence electrons. The highest BCUT2D eigenvalue weighted by molar-refractivity contribution is 6.04. The number of likely N-dealkylation sites (N-methyl/N-ethyl adjacent to an activating group) is 1. The van der Waals surface area contributed by atoms with Gasteiger partial charge < -0.3 is 20.1 Å². The monoisotopic (exact) mass is 315 g/mol. The number of imide groups is 1. The van der Waals surface area contributed by atoms with Crippen molar-refractivity contribution in [1.82, 2.24) is 15.1 Å². The van der Waals surface area contributed by atoms with Crippen molar-refractivity contribution in [3.05, 3.63) is 0 Å². The molecule has 1 aliphatic rings. The maximum atomic E-state index is 12.0. The van der Waals surface area contributed by atoms with Crippen molar-refractivity contribution in [2.24, 2.45) is 0 Å². The second-order valence-electron chi connectivity index (χ2n) is 6.11. The van der Waals surface area contributed by atoms with Gasteiger partial charge in [-0.3, -0.25) is 14.5 Å². The number of amides is 4. The molecule has 0 spiro atoms. The minimum absolute atomic E-state index is 0.514. The predicted molar refractivity (Wildman–Crippen MR) is 75.1 cm³/mol. The predicted octanol–water partition coefficient (Wildman–Crippen LogP) is 0.247. The van der Waals surface area contributed by atoms with E-state index in [1.807, 2.05) is 0 Å². The van der Waals surface area contributed by atoms with Crippen LogP contribution in [0.2, 0.25) is 0 Å². The van der Waals surface area contributed by atoms with Gasteiger partial charge in [-0.15, -0.1) is 0 Å². The summed E-state index contributed by atoms with van der Waals surface area (Å²) in [6.45, 7) is 6.13. The van der Waals surface area contributed by atoms with Gasteiger partial charge in [0.25, 0.3) is 5.91 Å². The maximum Gasteiger partial charge on any atom is 0.408 e. The zero-order valence-corrected chi connectivity index (χ0v) is 13.2. The van der Waals surface area contributed by atoms with Crippen LogP contribution in [0.15, 0.2) is 0 Å². The number of carbonyl (C=O) groups excluding carboxylic acids is 3. The topological polar surface area (TPSA) is 116 Å². The lowest BCUT2D eigenvalue weighted by Crippen LogP contribution is -2.72. The number of hydrogen-bond donors (Lipinski definition) is 2. The number of ether oxygens (including phenoxy) is 1. The Labute approximate surface area is 128 Å². The third-order valence-corrected chi connectivity index (χ3v) is 2.97. The summed E-state index contributed by atoms with van der Waals surface area (Å²) in [5.74, 6) is -1.78. The minimum Gasteiger partial charge on any atom is -0.480 e. The summed E-state index contributed by atoms with van der Waals surface area (Å²) in [5, 5.41) is 11.0. The van der Waals surface area contributed by atoms with Crippen molar-refractivity contribution < 1.29 is 29.0 Å². The van der Waals surface area contributed by atoms with E-state index in [0.29, 0.717) is 0 Å². The zero-order chi connectivity index (χ0) is 17.2. The molecule has 2 N–H and O–H groups in total. The van der Waals surface area contributed by atoms with E-state index in [4.69, 9.17) is 9.84 Å². The average Bonchev–Trinajstić information content (AvgIpc) is 2.33. The fraction of sp³-hybridized carbons (Fsp3) is 0.692. The Morgan fingerprint density at radius 2 is 1.91 bits per heavy atom. The largest absolute Gasteiger partial charge is 0.480 e. The fourth-order valence-electron chi connectivity index (χ4n) is 1.96. The molecule has 0 unspecified atom stereocenters. The number of rotatable bonds is 3. The average molecular weight is 315 g/mol. The van der Waals surface area contributed by atoms with Gasteiger partial charge >= 0.3 is 18.1 Å². The smallest absolute Gasteiger partial charge is 0.408 e. The number of alkyl carbamates (subject to hydrolysis) is 1. The molecule has 4 amide bonds. The number of carbonyl (C=O) groups is 4. The Morgan fingerprint density at radius 3 is 2.32 bits per heavy atom. The van der Waals surface area contributed by atoms with E-state index < -0.39 is 48.2 Å². The molecule has 9 nitrogen and oxygen atoms in total. The quantitative estimate of drug-likeness (QED) is 0.721. The third-order valence-electron chi connectivity index (χ3n) is 2.97. The van der Waals surface area contributed by atoms with Crippen LogP contribution in [0.4, 0.5) is 9.59 Å². The Balaban J connectivity index is 2.61. The van der Waals surface area contributed by atoms with E-state index in [-0.39, 0.29) is 0 Å². The van der Waals surface area contributed by atoms with E-state index in [9.17, 15) is 19.2 Å². The second kappa shape index (κ2) is 6.20. The van der Waals surface area contributed by atoms with Crippen LogP contribution in [0.3, 0.4) is 0 Å². The summed E-state index contributed by atoms with van der Waals surface area (Å²) < 4.78 is 5.04. The highest BCUT2D eigenvalue weighted by Crippen LogP contribution is 2.22. The molecule has 0 aromatic rings. The third kappa shape index (κ3) is 4.09. The van der Waals surface area contributed by atoms with Gasteiger partial charge in [0.2, 0.25) is 0 Å². The van der Waals surface area contributed by atoms with Gasteiger partial charge in [0.1, 0.15) is 18.2 Å². The molecule has 1 rings (SSSR count). The number of nitrogens with zero attached hydrogens (tertiary/aromatic N) is 2. The number of hydrogen-bond acceptors (Lipinski definition) is 5. The van der Waals surface area contributed by atoms with Crippen molar-refractivity contribution in [1.29, 1.82) is 0 Å². The Kier molecular flexibility index (Phi) is 5.00. The number of nitrogens with one attached hydrogen (secondary N) is 1. The zero-order valence-electron chi connectivity index (χ0n) is 13.2.